The summed E-state index contributed by atoms with van der Waals surface area (Å²) in [5.41, 5.74) is 2.54. The lowest BCUT2D eigenvalue weighted by molar-refractivity contribution is -0.143. The molecule has 38 heavy (non-hydrogen) atoms. The summed E-state index contributed by atoms with van der Waals surface area (Å²) in [5.74, 6) is 0.924. The highest BCUT2D eigenvalue weighted by atomic mass is 16.5. The average molecular weight is 525 g/mol. The van der Waals surface area contributed by atoms with E-state index in [-0.39, 0.29) is 31.0 Å². The molecule has 2 aromatic rings. The minimum atomic E-state index is -0.366. The number of rotatable bonds is 11. The summed E-state index contributed by atoms with van der Waals surface area (Å²) < 4.78 is 21.4. The molecule has 2 amide bonds. The van der Waals surface area contributed by atoms with Gasteiger partial charge in [0.05, 0.1) is 39.2 Å². The molecular weight excluding hydrogens is 488 g/mol. The second-order valence-corrected chi connectivity index (χ2v) is 9.18. The molecule has 0 aromatic heterocycles. The number of hydrazone groups is 1. The van der Waals surface area contributed by atoms with Crippen LogP contribution in [0.5, 0.6) is 11.5 Å². The molecule has 0 N–H and O–H groups in total. The number of amides is 2. The number of hydrogen-bond donors (Lipinski definition) is 0. The molecule has 0 unspecified atom stereocenters. The van der Waals surface area contributed by atoms with Crippen LogP contribution in [-0.4, -0.2) is 106 Å². The lowest BCUT2D eigenvalue weighted by Crippen LogP contribution is -2.47. The SMILES string of the molecule is COCC(=O)N(CCN1CCOCC1)CC(=O)N1N=C(c2ccc(OC)cc2)C[C@@H]1c1ccccc1OC. The third kappa shape index (κ3) is 6.69. The van der Waals surface area contributed by atoms with Crippen LogP contribution in [0.4, 0.5) is 0 Å². The Labute approximate surface area is 223 Å². The largest absolute Gasteiger partial charge is 0.497 e. The maximum atomic E-state index is 13.8. The molecule has 2 heterocycles. The number of carbonyl (C=O) groups excluding carboxylic acids is 2. The molecular formula is C28H36N4O6. The Morgan fingerprint density at radius 3 is 2.45 bits per heavy atom. The van der Waals surface area contributed by atoms with Gasteiger partial charge in [0.2, 0.25) is 5.91 Å². The summed E-state index contributed by atoms with van der Waals surface area (Å²) in [6.07, 6.45) is 0.512. The zero-order chi connectivity index (χ0) is 26.9. The van der Waals surface area contributed by atoms with Crippen LogP contribution >= 0.6 is 0 Å². The number of carbonyl (C=O) groups is 2. The van der Waals surface area contributed by atoms with Crippen molar-refractivity contribution in [3.63, 3.8) is 0 Å². The molecule has 2 aliphatic heterocycles. The Kier molecular flexibility index (Phi) is 9.69. The van der Waals surface area contributed by atoms with Gasteiger partial charge in [-0.25, -0.2) is 5.01 Å². The summed E-state index contributed by atoms with van der Waals surface area (Å²) in [6.45, 7) is 3.82. The summed E-state index contributed by atoms with van der Waals surface area (Å²) in [5, 5.41) is 6.26. The van der Waals surface area contributed by atoms with E-state index in [4.69, 9.17) is 24.0 Å². The maximum absolute atomic E-state index is 13.8. The van der Waals surface area contributed by atoms with Gasteiger partial charge in [-0.1, -0.05) is 18.2 Å². The molecule has 4 rings (SSSR count). The fourth-order valence-electron chi connectivity index (χ4n) is 4.71. The minimum absolute atomic E-state index is 0.0906. The van der Waals surface area contributed by atoms with Gasteiger partial charge in [0.15, 0.2) is 0 Å². The summed E-state index contributed by atoms with van der Waals surface area (Å²) in [6, 6.07) is 14.9. The van der Waals surface area contributed by atoms with Gasteiger partial charge in [0, 0.05) is 45.3 Å². The first kappa shape index (κ1) is 27.6. The van der Waals surface area contributed by atoms with E-state index in [0.29, 0.717) is 38.5 Å². The summed E-state index contributed by atoms with van der Waals surface area (Å²) >= 11 is 0. The fraction of sp³-hybridized carbons (Fsp3) is 0.464. The topological polar surface area (TPSA) is 93.1 Å². The first-order valence-electron chi connectivity index (χ1n) is 12.8. The summed E-state index contributed by atoms with van der Waals surface area (Å²) in [7, 11) is 4.71. The highest BCUT2D eigenvalue weighted by Crippen LogP contribution is 2.37. The van der Waals surface area contributed by atoms with Crippen LogP contribution in [0.2, 0.25) is 0 Å². The molecule has 2 aromatic carbocycles. The number of hydrogen-bond acceptors (Lipinski definition) is 8. The van der Waals surface area contributed by atoms with Gasteiger partial charge in [0.25, 0.3) is 5.91 Å². The van der Waals surface area contributed by atoms with E-state index < -0.39 is 0 Å². The van der Waals surface area contributed by atoms with Crippen LogP contribution in [0.3, 0.4) is 0 Å². The van der Waals surface area contributed by atoms with E-state index in [2.05, 4.69) is 4.90 Å². The zero-order valence-electron chi connectivity index (χ0n) is 22.3. The van der Waals surface area contributed by atoms with Crippen LogP contribution < -0.4 is 9.47 Å². The molecule has 0 bridgehead atoms. The smallest absolute Gasteiger partial charge is 0.262 e. The highest BCUT2D eigenvalue weighted by Gasteiger charge is 2.36. The van der Waals surface area contributed by atoms with Crippen molar-refractivity contribution in [3.8, 4) is 11.5 Å². The molecule has 204 valence electrons. The predicted octanol–water partition coefficient (Wildman–Crippen LogP) is 2.19. The maximum Gasteiger partial charge on any atom is 0.262 e. The Bertz CT molecular complexity index is 1120. The highest BCUT2D eigenvalue weighted by molar-refractivity contribution is 6.03. The average Bonchev–Trinajstić information content (AvgIpc) is 3.41. The van der Waals surface area contributed by atoms with Crippen molar-refractivity contribution in [1.82, 2.24) is 14.8 Å². The van der Waals surface area contributed by atoms with Crippen molar-refractivity contribution in [2.24, 2.45) is 5.10 Å². The molecule has 0 radical (unpaired) electrons. The number of benzene rings is 2. The molecule has 0 saturated carbocycles. The molecule has 1 atom stereocenters. The van der Waals surface area contributed by atoms with Gasteiger partial charge >= 0.3 is 0 Å². The van der Waals surface area contributed by atoms with Crippen molar-refractivity contribution < 1.29 is 28.5 Å². The first-order chi connectivity index (χ1) is 18.5. The van der Waals surface area contributed by atoms with E-state index >= 15 is 0 Å². The molecule has 1 saturated heterocycles. The van der Waals surface area contributed by atoms with Crippen LogP contribution in [0, 0.1) is 0 Å². The van der Waals surface area contributed by atoms with Crippen molar-refractivity contribution in [2.45, 2.75) is 12.5 Å². The standard InChI is InChI=1S/C28H36N4O6/c1-35-20-28(34)31(13-12-30-14-16-38-17-15-30)19-27(33)32-25(23-6-4-5-7-26(23)37-3)18-24(29-32)21-8-10-22(36-2)11-9-21/h4-11,25H,12-20H2,1-3H3/t25-/m1/s1. The fourth-order valence-corrected chi connectivity index (χ4v) is 4.71. The monoisotopic (exact) mass is 524 g/mol. The van der Waals surface area contributed by atoms with E-state index in [0.717, 1.165) is 35.7 Å². The molecule has 1 fully saturated rings. The van der Waals surface area contributed by atoms with E-state index in [1.54, 1.807) is 19.1 Å². The quantitative estimate of drug-likeness (QED) is 0.445. The van der Waals surface area contributed by atoms with Gasteiger partial charge in [-0.15, -0.1) is 0 Å². The van der Waals surface area contributed by atoms with E-state index in [1.165, 1.54) is 12.1 Å². The van der Waals surface area contributed by atoms with Crippen LogP contribution in [0.1, 0.15) is 23.6 Å². The molecule has 10 nitrogen and oxygen atoms in total. The van der Waals surface area contributed by atoms with Gasteiger partial charge in [-0.2, -0.15) is 5.10 Å². The minimum Gasteiger partial charge on any atom is -0.497 e. The second-order valence-electron chi connectivity index (χ2n) is 9.18. The van der Waals surface area contributed by atoms with Crippen molar-refractivity contribution in [2.75, 3.05) is 73.9 Å². The predicted molar refractivity (Wildman–Crippen MR) is 142 cm³/mol. The lowest BCUT2D eigenvalue weighted by Gasteiger charge is -2.31. The third-order valence-corrected chi connectivity index (χ3v) is 6.82. The Morgan fingerprint density at radius 2 is 1.76 bits per heavy atom. The first-order valence-corrected chi connectivity index (χ1v) is 12.8. The van der Waals surface area contributed by atoms with Gasteiger partial charge in [-0.3, -0.25) is 14.5 Å². The van der Waals surface area contributed by atoms with Crippen molar-refractivity contribution >= 4 is 17.5 Å². The van der Waals surface area contributed by atoms with Gasteiger partial charge in [-0.05, 0) is 35.9 Å². The molecule has 0 spiro atoms. The number of para-hydroxylation sites is 1. The number of ether oxygens (including phenoxy) is 4. The van der Waals surface area contributed by atoms with E-state index in [9.17, 15) is 9.59 Å². The number of morpholine rings is 1. The van der Waals surface area contributed by atoms with Crippen LogP contribution in [0.25, 0.3) is 0 Å². The van der Waals surface area contributed by atoms with Gasteiger partial charge < -0.3 is 23.8 Å². The Hall–Kier alpha value is -3.47. The number of nitrogens with zero attached hydrogens (tertiary/aromatic N) is 4. The lowest BCUT2D eigenvalue weighted by atomic mass is 9.97. The van der Waals surface area contributed by atoms with Crippen LogP contribution in [0.15, 0.2) is 53.6 Å². The van der Waals surface area contributed by atoms with E-state index in [1.807, 2.05) is 48.5 Å². The Morgan fingerprint density at radius 1 is 1.03 bits per heavy atom. The normalized spacial score (nSPS) is 17.7. The molecule has 0 aliphatic carbocycles. The third-order valence-electron chi connectivity index (χ3n) is 6.82. The van der Waals surface area contributed by atoms with Crippen molar-refractivity contribution in [1.29, 1.82) is 0 Å². The second kappa shape index (κ2) is 13.4. The molecule has 2 aliphatic rings. The number of methoxy groups -OCH3 is 3. The Balaban J connectivity index is 1.58. The summed E-state index contributed by atoms with van der Waals surface area (Å²) in [4.78, 5) is 30.4. The van der Waals surface area contributed by atoms with Crippen LogP contribution in [-0.2, 0) is 19.1 Å². The van der Waals surface area contributed by atoms with Crippen molar-refractivity contribution in [3.05, 3.63) is 59.7 Å². The van der Waals surface area contributed by atoms with Gasteiger partial charge in [0.1, 0.15) is 24.7 Å². The molecule has 10 heteroatoms. The zero-order valence-corrected chi connectivity index (χ0v) is 22.3.